The van der Waals surface area contributed by atoms with Crippen LogP contribution in [0.15, 0.2) is 16.9 Å². The van der Waals surface area contributed by atoms with Crippen molar-refractivity contribution in [1.29, 1.82) is 0 Å². The van der Waals surface area contributed by atoms with E-state index in [0.717, 1.165) is 32.1 Å². The fourth-order valence-electron chi connectivity index (χ4n) is 4.29. The molecule has 1 aromatic carbocycles. The van der Waals surface area contributed by atoms with Crippen molar-refractivity contribution >= 4 is 22.7 Å². The number of aliphatic hydroxyl groups is 1. The van der Waals surface area contributed by atoms with Crippen LogP contribution in [-0.2, 0) is 10.5 Å². The molecule has 2 fully saturated rings. The van der Waals surface area contributed by atoms with E-state index >= 15 is 0 Å². The van der Waals surface area contributed by atoms with E-state index in [1.165, 1.54) is 6.07 Å². The van der Waals surface area contributed by atoms with Crippen LogP contribution in [0.2, 0.25) is 0 Å². The zero-order valence-corrected chi connectivity index (χ0v) is 18.3. The Labute approximate surface area is 179 Å². The first kappa shape index (κ1) is 21.6. The third-order valence-corrected chi connectivity index (χ3v) is 7.24. The van der Waals surface area contributed by atoms with Crippen LogP contribution >= 0.6 is 11.8 Å². The summed E-state index contributed by atoms with van der Waals surface area (Å²) in [5, 5.41) is 10.0. The van der Waals surface area contributed by atoms with Gasteiger partial charge in [-0.1, -0.05) is 0 Å². The van der Waals surface area contributed by atoms with Crippen molar-refractivity contribution in [3.05, 3.63) is 34.1 Å². The van der Waals surface area contributed by atoms with Crippen LogP contribution in [-0.4, -0.2) is 45.2 Å². The molecule has 1 aromatic heterocycles. The van der Waals surface area contributed by atoms with Gasteiger partial charge < -0.3 is 19.6 Å². The normalized spacial score (nSPS) is 26.2. The molecule has 0 amide bonds. The minimum atomic E-state index is -0.625. The second-order valence-electron chi connectivity index (χ2n) is 9.01. The third-order valence-electron chi connectivity index (χ3n) is 5.86. The van der Waals surface area contributed by atoms with E-state index in [0.29, 0.717) is 41.3 Å². The molecule has 2 heterocycles. The highest BCUT2D eigenvalue weighted by Crippen LogP contribution is 2.31. The Kier molecular flexibility index (Phi) is 6.36. The van der Waals surface area contributed by atoms with Crippen LogP contribution in [0, 0.1) is 11.7 Å². The van der Waals surface area contributed by atoms with Gasteiger partial charge in [0.1, 0.15) is 22.8 Å². The van der Waals surface area contributed by atoms with Crippen molar-refractivity contribution < 1.29 is 19.0 Å². The Bertz CT molecular complexity index is 956. The monoisotopic (exact) mass is 436 g/mol. The maximum Gasteiger partial charge on any atom is 0.261 e. The fourth-order valence-corrected chi connectivity index (χ4v) is 5.42. The Morgan fingerprint density at radius 2 is 2.10 bits per heavy atom. The number of aliphatic hydroxyl groups excluding tert-OH is 1. The summed E-state index contributed by atoms with van der Waals surface area (Å²) in [5.74, 6) is 1.09. The summed E-state index contributed by atoms with van der Waals surface area (Å²) in [5.41, 5.74) is -0.309. The van der Waals surface area contributed by atoms with E-state index in [4.69, 9.17) is 9.47 Å². The molecule has 0 spiro atoms. The Morgan fingerprint density at radius 1 is 1.33 bits per heavy atom. The van der Waals surface area contributed by atoms with Gasteiger partial charge in [-0.3, -0.25) is 4.79 Å². The highest BCUT2D eigenvalue weighted by Gasteiger charge is 2.32. The van der Waals surface area contributed by atoms with E-state index < -0.39 is 11.4 Å². The summed E-state index contributed by atoms with van der Waals surface area (Å²) in [7, 11) is 0. The SMILES string of the molecule is CC1(C)CC(COc2cc(F)c3c(=O)[nH]c(CSC4CCC(O)CC4)nc3c2)CO1. The molecule has 8 heteroatoms. The number of fused-ring (bicyclic) bond motifs is 1. The van der Waals surface area contributed by atoms with Gasteiger partial charge in [0.05, 0.1) is 36.2 Å². The number of nitrogens with zero attached hydrogens (tertiary/aromatic N) is 1. The lowest BCUT2D eigenvalue weighted by molar-refractivity contribution is 0.0341. The van der Waals surface area contributed by atoms with Crippen LogP contribution in [0.25, 0.3) is 10.9 Å². The van der Waals surface area contributed by atoms with Gasteiger partial charge in [0.2, 0.25) is 0 Å². The molecule has 30 heavy (non-hydrogen) atoms. The number of aromatic nitrogens is 2. The van der Waals surface area contributed by atoms with Crippen molar-refractivity contribution in [2.45, 2.75) is 68.7 Å². The minimum absolute atomic E-state index is 0.0396. The Morgan fingerprint density at radius 3 is 2.80 bits per heavy atom. The number of benzene rings is 1. The quantitative estimate of drug-likeness (QED) is 0.717. The standard InChI is InChI=1S/C22H29FN2O4S/c1-22(2)9-13(11-29-22)10-28-15-7-17(23)20-18(8-15)24-19(25-21(20)27)12-30-16-5-3-14(26)4-6-16/h7-8,13-14,16,26H,3-6,9-12H2,1-2H3,(H,24,25,27). The van der Waals surface area contributed by atoms with E-state index in [9.17, 15) is 14.3 Å². The summed E-state index contributed by atoms with van der Waals surface area (Å²) in [6, 6.07) is 2.89. The molecule has 1 unspecified atom stereocenters. The highest BCUT2D eigenvalue weighted by atomic mass is 32.2. The Balaban J connectivity index is 1.46. The van der Waals surface area contributed by atoms with Crippen LogP contribution in [0.4, 0.5) is 4.39 Å². The molecule has 164 valence electrons. The van der Waals surface area contributed by atoms with Crippen molar-refractivity contribution in [2.75, 3.05) is 13.2 Å². The number of hydrogen-bond acceptors (Lipinski definition) is 6. The fraction of sp³-hybridized carbons (Fsp3) is 0.636. The van der Waals surface area contributed by atoms with E-state index in [1.54, 1.807) is 17.8 Å². The summed E-state index contributed by atoms with van der Waals surface area (Å²) in [6.45, 7) is 5.16. The summed E-state index contributed by atoms with van der Waals surface area (Å²) < 4.78 is 26.1. The topological polar surface area (TPSA) is 84.4 Å². The number of nitrogens with one attached hydrogen (secondary N) is 1. The lowest BCUT2D eigenvalue weighted by Crippen LogP contribution is -2.20. The number of aromatic amines is 1. The predicted octanol–water partition coefficient (Wildman–Crippen LogP) is 3.79. The van der Waals surface area contributed by atoms with Crippen LogP contribution in [0.1, 0.15) is 51.8 Å². The molecule has 0 radical (unpaired) electrons. The molecule has 1 aliphatic heterocycles. The van der Waals surface area contributed by atoms with Gasteiger partial charge in [0, 0.05) is 23.3 Å². The highest BCUT2D eigenvalue weighted by molar-refractivity contribution is 7.99. The van der Waals surface area contributed by atoms with Crippen LogP contribution in [0.5, 0.6) is 5.75 Å². The molecule has 2 aromatic rings. The minimum Gasteiger partial charge on any atom is -0.493 e. The molecule has 6 nitrogen and oxygen atoms in total. The van der Waals surface area contributed by atoms with E-state index in [-0.39, 0.29) is 23.0 Å². The summed E-state index contributed by atoms with van der Waals surface area (Å²) >= 11 is 1.72. The number of thioether (sulfide) groups is 1. The van der Waals surface area contributed by atoms with Gasteiger partial charge in [-0.25, -0.2) is 9.37 Å². The number of H-pyrrole nitrogens is 1. The first-order valence-electron chi connectivity index (χ1n) is 10.6. The molecule has 2 aliphatic rings. The van der Waals surface area contributed by atoms with Gasteiger partial charge >= 0.3 is 0 Å². The number of rotatable bonds is 6. The largest absolute Gasteiger partial charge is 0.493 e. The second kappa shape index (κ2) is 8.85. The maximum absolute atomic E-state index is 14.6. The Hall–Kier alpha value is -1.64. The van der Waals surface area contributed by atoms with Crippen molar-refractivity contribution in [3.8, 4) is 5.75 Å². The molecule has 1 atom stereocenters. The zero-order valence-electron chi connectivity index (χ0n) is 17.4. The average molecular weight is 437 g/mol. The summed E-state index contributed by atoms with van der Waals surface area (Å²) in [4.78, 5) is 19.6. The van der Waals surface area contributed by atoms with Gasteiger partial charge in [-0.05, 0) is 46.0 Å². The predicted molar refractivity (Wildman–Crippen MR) is 116 cm³/mol. The third kappa shape index (κ3) is 5.15. The molecule has 1 saturated heterocycles. The van der Waals surface area contributed by atoms with Crippen molar-refractivity contribution in [3.63, 3.8) is 0 Å². The van der Waals surface area contributed by atoms with Gasteiger partial charge in [0.25, 0.3) is 5.56 Å². The van der Waals surface area contributed by atoms with Gasteiger partial charge in [-0.15, -0.1) is 0 Å². The first-order valence-corrected chi connectivity index (χ1v) is 11.6. The van der Waals surface area contributed by atoms with Crippen LogP contribution in [0.3, 0.4) is 0 Å². The van der Waals surface area contributed by atoms with Gasteiger partial charge in [0.15, 0.2) is 0 Å². The number of halogens is 1. The molecule has 4 rings (SSSR count). The zero-order chi connectivity index (χ0) is 21.3. The number of hydrogen-bond donors (Lipinski definition) is 2. The summed E-state index contributed by atoms with van der Waals surface area (Å²) in [6.07, 6.45) is 4.24. The average Bonchev–Trinajstić information content (AvgIpc) is 3.04. The first-order chi connectivity index (χ1) is 14.3. The van der Waals surface area contributed by atoms with Crippen molar-refractivity contribution in [2.24, 2.45) is 5.92 Å². The molecule has 2 N–H and O–H groups in total. The van der Waals surface area contributed by atoms with E-state index in [2.05, 4.69) is 9.97 Å². The molecular formula is C22H29FN2O4S. The van der Waals surface area contributed by atoms with Crippen LogP contribution < -0.4 is 10.3 Å². The lowest BCUT2D eigenvalue weighted by atomic mass is 9.97. The smallest absolute Gasteiger partial charge is 0.261 e. The molecule has 0 bridgehead atoms. The van der Waals surface area contributed by atoms with Crippen molar-refractivity contribution in [1.82, 2.24) is 9.97 Å². The molecule has 1 saturated carbocycles. The molecule has 1 aliphatic carbocycles. The van der Waals surface area contributed by atoms with E-state index in [1.807, 2.05) is 13.8 Å². The lowest BCUT2D eigenvalue weighted by Gasteiger charge is -2.24. The maximum atomic E-state index is 14.6. The van der Waals surface area contributed by atoms with Gasteiger partial charge in [-0.2, -0.15) is 11.8 Å². The second-order valence-corrected chi connectivity index (χ2v) is 10.3. The molecular weight excluding hydrogens is 407 g/mol. The number of ether oxygens (including phenoxy) is 2.